The van der Waals surface area contributed by atoms with Crippen LogP contribution in [0.15, 0.2) is 42.5 Å². The van der Waals surface area contributed by atoms with E-state index in [4.69, 9.17) is 23.1 Å². The maximum Gasteiger partial charge on any atom is 0.255 e. The predicted molar refractivity (Wildman–Crippen MR) is 153 cm³/mol. The average Bonchev–Trinajstić information content (AvgIpc) is 2.90. The molecule has 39 heavy (non-hydrogen) atoms. The standard InChI is InChI=1S/C26H33ClN10O2/c27-16-5-3-15(4-6-16)23(39)33-21-8-7-19(11-22(21)38)31-24-34-25(32-20-2-1-9-30-12-20)36-26(35-24)37-13-17(28)10-18(29)14-37/h3-8,11,17-18,20,30,38H,1-2,9-10,12-14,28-29H2,(H,33,39)(H2,31,32,34,35,36)/t17-,18+,20?. The number of nitrogens with zero attached hydrogens (tertiary/aromatic N) is 4. The Morgan fingerprint density at radius 3 is 2.49 bits per heavy atom. The number of phenolic OH excluding ortho intramolecular Hbond substituents is 1. The smallest absolute Gasteiger partial charge is 0.255 e. The fourth-order valence-corrected chi connectivity index (χ4v) is 4.89. The summed E-state index contributed by atoms with van der Waals surface area (Å²) in [5.74, 6) is 0.739. The Labute approximate surface area is 231 Å². The van der Waals surface area contributed by atoms with Gasteiger partial charge in [-0.05, 0) is 62.2 Å². The zero-order valence-electron chi connectivity index (χ0n) is 21.4. The van der Waals surface area contributed by atoms with E-state index in [1.165, 1.54) is 6.07 Å². The molecular formula is C26H33ClN10O2. The molecule has 5 rings (SSSR count). The molecule has 1 aromatic heterocycles. The molecule has 2 aliphatic rings. The summed E-state index contributed by atoms with van der Waals surface area (Å²) in [6, 6.07) is 11.3. The molecule has 0 aliphatic carbocycles. The lowest BCUT2D eigenvalue weighted by Crippen LogP contribution is -2.53. The number of hydrogen-bond donors (Lipinski definition) is 7. The summed E-state index contributed by atoms with van der Waals surface area (Å²) in [6.07, 6.45) is 2.82. The first kappa shape index (κ1) is 26.9. The third kappa shape index (κ3) is 7.03. The van der Waals surface area contributed by atoms with Gasteiger partial charge in [0.2, 0.25) is 17.8 Å². The Bertz CT molecular complexity index is 1290. The van der Waals surface area contributed by atoms with Crippen LogP contribution < -0.4 is 37.6 Å². The molecule has 2 saturated heterocycles. The van der Waals surface area contributed by atoms with Crippen LogP contribution in [0.3, 0.4) is 0 Å². The second-order valence-corrected chi connectivity index (χ2v) is 10.4. The second kappa shape index (κ2) is 12.0. The monoisotopic (exact) mass is 552 g/mol. The zero-order valence-corrected chi connectivity index (χ0v) is 22.2. The van der Waals surface area contributed by atoms with Crippen molar-refractivity contribution in [2.75, 3.05) is 47.0 Å². The van der Waals surface area contributed by atoms with Crippen LogP contribution in [0.1, 0.15) is 29.6 Å². The van der Waals surface area contributed by atoms with E-state index in [0.29, 0.717) is 47.2 Å². The predicted octanol–water partition coefficient (Wildman–Crippen LogP) is 2.26. The van der Waals surface area contributed by atoms with Crippen LogP contribution in [0.25, 0.3) is 0 Å². The number of nitrogens with two attached hydrogens (primary N) is 2. The van der Waals surface area contributed by atoms with E-state index in [1.807, 2.05) is 4.90 Å². The molecule has 2 aromatic carbocycles. The first-order valence-electron chi connectivity index (χ1n) is 13.0. The number of benzene rings is 2. The molecule has 0 saturated carbocycles. The maximum atomic E-state index is 12.5. The zero-order chi connectivity index (χ0) is 27.4. The topological polar surface area (TPSA) is 179 Å². The Hall–Kier alpha value is -3.71. The first-order valence-corrected chi connectivity index (χ1v) is 13.4. The number of hydrogen-bond acceptors (Lipinski definition) is 11. The molecule has 12 nitrogen and oxygen atoms in total. The number of phenols is 1. The van der Waals surface area contributed by atoms with Crippen LogP contribution in [-0.4, -0.2) is 70.3 Å². The van der Waals surface area contributed by atoms with Gasteiger partial charge >= 0.3 is 0 Å². The van der Waals surface area contributed by atoms with Gasteiger partial charge in [-0.1, -0.05) is 11.6 Å². The highest BCUT2D eigenvalue weighted by Gasteiger charge is 2.26. The third-order valence-electron chi connectivity index (χ3n) is 6.66. The van der Waals surface area contributed by atoms with Crippen molar-refractivity contribution in [1.29, 1.82) is 0 Å². The van der Waals surface area contributed by atoms with Crippen molar-refractivity contribution in [3.05, 3.63) is 53.1 Å². The number of nitrogens with one attached hydrogen (secondary N) is 4. The molecule has 0 radical (unpaired) electrons. The van der Waals surface area contributed by atoms with Crippen LogP contribution >= 0.6 is 11.6 Å². The van der Waals surface area contributed by atoms with E-state index in [9.17, 15) is 9.90 Å². The molecule has 13 heteroatoms. The number of halogens is 1. The number of aromatic nitrogens is 3. The molecule has 9 N–H and O–H groups in total. The van der Waals surface area contributed by atoms with Gasteiger partial charge < -0.3 is 42.7 Å². The van der Waals surface area contributed by atoms with Gasteiger partial charge in [0.05, 0.1) is 5.69 Å². The molecule has 0 spiro atoms. The van der Waals surface area contributed by atoms with Gasteiger partial charge in [0.15, 0.2) is 0 Å². The average molecular weight is 553 g/mol. The van der Waals surface area contributed by atoms with Crippen LogP contribution in [0.4, 0.5) is 29.2 Å². The van der Waals surface area contributed by atoms with Gasteiger partial charge in [-0.3, -0.25) is 4.79 Å². The quantitative estimate of drug-likeness (QED) is 0.214. The van der Waals surface area contributed by atoms with Crippen LogP contribution in [0.2, 0.25) is 5.02 Å². The highest BCUT2D eigenvalue weighted by atomic mass is 35.5. The fraction of sp³-hybridized carbons (Fsp3) is 0.385. The molecule has 2 aliphatic heterocycles. The summed E-state index contributed by atoms with van der Waals surface area (Å²) >= 11 is 5.90. The van der Waals surface area contributed by atoms with Crippen molar-refractivity contribution >= 4 is 46.7 Å². The highest BCUT2D eigenvalue weighted by Crippen LogP contribution is 2.29. The number of anilines is 5. The van der Waals surface area contributed by atoms with E-state index in [0.717, 1.165) is 32.4 Å². The van der Waals surface area contributed by atoms with Crippen molar-refractivity contribution in [2.24, 2.45) is 11.5 Å². The van der Waals surface area contributed by atoms with Crippen molar-refractivity contribution < 1.29 is 9.90 Å². The van der Waals surface area contributed by atoms with Crippen molar-refractivity contribution in [3.8, 4) is 5.75 Å². The number of amides is 1. The number of rotatable bonds is 7. The number of carbonyl (C=O) groups excluding carboxylic acids is 1. The van der Waals surface area contributed by atoms with Crippen LogP contribution in [0, 0.1) is 0 Å². The summed E-state index contributed by atoms with van der Waals surface area (Å²) < 4.78 is 0. The summed E-state index contributed by atoms with van der Waals surface area (Å²) in [5.41, 5.74) is 13.6. The van der Waals surface area contributed by atoms with Gasteiger partial charge in [0.25, 0.3) is 5.91 Å². The molecule has 3 heterocycles. The Morgan fingerprint density at radius 2 is 1.79 bits per heavy atom. The minimum absolute atomic E-state index is 0.0755. The minimum Gasteiger partial charge on any atom is -0.506 e. The van der Waals surface area contributed by atoms with E-state index >= 15 is 0 Å². The molecule has 2 fully saturated rings. The van der Waals surface area contributed by atoms with E-state index in [2.05, 4.69) is 36.2 Å². The number of aromatic hydroxyl groups is 1. The molecule has 206 valence electrons. The Balaban J connectivity index is 1.35. The summed E-state index contributed by atoms with van der Waals surface area (Å²) in [6.45, 7) is 2.99. The summed E-state index contributed by atoms with van der Waals surface area (Å²) in [5, 5.41) is 23.8. The number of carbonyl (C=O) groups is 1. The normalized spacial score (nSPS) is 21.3. The van der Waals surface area contributed by atoms with Gasteiger partial charge in [0, 0.05) is 60.1 Å². The molecular weight excluding hydrogens is 520 g/mol. The first-order chi connectivity index (χ1) is 18.8. The van der Waals surface area contributed by atoms with Crippen molar-refractivity contribution in [3.63, 3.8) is 0 Å². The van der Waals surface area contributed by atoms with Crippen molar-refractivity contribution in [2.45, 2.75) is 37.4 Å². The molecule has 1 amide bonds. The fourth-order valence-electron chi connectivity index (χ4n) is 4.77. The molecule has 3 atom stereocenters. The van der Waals surface area contributed by atoms with Gasteiger partial charge in [-0.15, -0.1) is 0 Å². The molecule has 3 aromatic rings. The van der Waals surface area contributed by atoms with Crippen molar-refractivity contribution in [1.82, 2.24) is 20.3 Å². The van der Waals surface area contributed by atoms with E-state index < -0.39 is 0 Å². The minimum atomic E-state index is -0.365. The Morgan fingerprint density at radius 1 is 1.05 bits per heavy atom. The second-order valence-electron chi connectivity index (χ2n) is 9.95. The van der Waals surface area contributed by atoms with Gasteiger partial charge in [-0.2, -0.15) is 15.0 Å². The largest absolute Gasteiger partial charge is 0.506 e. The molecule has 1 unspecified atom stereocenters. The Kier molecular flexibility index (Phi) is 8.27. The SMILES string of the molecule is N[C@@H]1C[C@H](N)CN(c2nc(Nc3ccc(NC(=O)c4ccc(Cl)cc4)c(O)c3)nc(NC3CCCNC3)n2)C1. The number of piperidine rings is 2. The maximum absolute atomic E-state index is 12.5. The van der Waals surface area contributed by atoms with Gasteiger partial charge in [0.1, 0.15) is 5.75 Å². The van der Waals surface area contributed by atoms with E-state index in [-0.39, 0.29) is 35.5 Å². The van der Waals surface area contributed by atoms with E-state index in [1.54, 1.807) is 36.4 Å². The lowest BCUT2D eigenvalue weighted by molar-refractivity contribution is 0.102. The van der Waals surface area contributed by atoms with Crippen LogP contribution in [-0.2, 0) is 0 Å². The lowest BCUT2D eigenvalue weighted by Gasteiger charge is -2.34. The molecule has 0 bridgehead atoms. The van der Waals surface area contributed by atoms with Gasteiger partial charge in [-0.25, -0.2) is 0 Å². The van der Waals surface area contributed by atoms with Crippen LogP contribution in [0.5, 0.6) is 5.75 Å². The summed E-state index contributed by atoms with van der Waals surface area (Å²) in [4.78, 5) is 28.4. The third-order valence-corrected chi connectivity index (χ3v) is 6.91. The lowest BCUT2D eigenvalue weighted by atomic mass is 10.0. The highest BCUT2D eigenvalue weighted by molar-refractivity contribution is 6.30. The summed E-state index contributed by atoms with van der Waals surface area (Å²) in [7, 11) is 0.